The predicted molar refractivity (Wildman–Crippen MR) is 102 cm³/mol. The molecule has 0 aliphatic heterocycles. The fourth-order valence-corrected chi connectivity index (χ4v) is 2.97. The Morgan fingerprint density at radius 3 is 2.50 bits per heavy atom. The molecular weight excluding hydrogens is 331 g/mol. The van der Waals surface area contributed by atoms with Crippen molar-refractivity contribution in [1.82, 2.24) is 4.57 Å². The van der Waals surface area contributed by atoms with Crippen LogP contribution in [0.3, 0.4) is 0 Å². The van der Waals surface area contributed by atoms with E-state index < -0.39 is 5.54 Å². The number of ketones is 1. The average Bonchev–Trinajstić information content (AvgIpc) is 2.99. The number of carbonyl (C=O) groups is 1. The van der Waals surface area contributed by atoms with Crippen molar-refractivity contribution in [3.63, 3.8) is 0 Å². The van der Waals surface area contributed by atoms with E-state index in [1.807, 2.05) is 30.7 Å². The van der Waals surface area contributed by atoms with E-state index in [-0.39, 0.29) is 18.2 Å². The second kappa shape index (κ2) is 9.10. The van der Waals surface area contributed by atoms with Gasteiger partial charge in [-0.25, -0.2) is 4.39 Å². The molecule has 0 saturated carbocycles. The van der Waals surface area contributed by atoms with Gasteiger partial charge in [0.15, 0.2) is 5.78 Å². The van der Waals surface area contributed by atoms with Crippen LogP contribution in [0.25, 0.3) is 0 Å². The molecule has 1 aromatic carbocycles. The standard InChI is InChI=1S/C21H29FN2O2/c1-21(23,15-25)14-13-18-11-12-19(24(18)2)20(26)6-4-3-5-16-7-9-17(22)10-8-16/h7-12,25H,3-6,13-15,23H2,1-2H3/t21-/m1/s1. The third kappa shape index (κ3) is 5.78. The molecule has 0 bridgehead atoms. The highest BCUT2D eigenvalue weighted by Gasteiger charge is 2.19. The molecule has 5 heteroatoms. The van der Waals surface area contributed by atoms with Gasteiger partial charge in [0.05, 0.1) is 12.3 Å². The van der Waals surface area contributed by atoms with Crippen LogP contribution in [0.2, 0.25) is 0 Å². The zero-order valence-electron chi connectivity index (χ0n) is 15.7. The van der Waals surface area contributed by atoms with E-state index in [0.29, 0.717) is 18.5 Å². The maximum atomic E-state index is 12.9. The smallest absolute Gasteiger partial charge is 0.179 e. The van der Waals surface area contributed by atoms with Crippen LogP contribution < -0.4 is 5.73 Å². The fraction of sp³-hybridized carbons (Fsp3) is 0.476. The molecule has 1 aromatic heterocycles. The van der Waals surface area contributed by atoms with Gasteiger partial charge in [0.2, 0.25) is 0 Å². The molecule has 0 aliphatic carbocycles. The second-order valence-corrected chi connectivity index (χ2v) is 7.34. The summed E-state index contributed by atoms with van der Waals surface area (Å²) < 4.78 is 14.8. The number of rotatable bonds is 10. The first-order valence-electron chi connectivity index (χ1n) is 9.14. The summed E-state index contributed by atoms with van der Waals surface area (Å²) in [4.78, 5) is 12.5. The first kappa shape index (κ1) is 20.3. The minimum absolute atomic E-state index is 0.0583. The van der Waals surface area contributed by atoms with Gasteiger partial charge in [0.1, 0.15) is 5.82 Å². The molecule has 0 aliphatic rings. The number of halogens is 1. The van der Waals surface area contributed by atoms with Crippen molar-refractivity contribution in [2.75, 3.05) is 6.61 Å². The highest BCUT2D eigenvalue weighted by molar-refractivity contribution is 5.94. The van der Waals surface area contributed by atoms with Crippen molar-refractivity contribution in [3.05, 3.63) is 59.2 Å². The number of carbonyl (C=O) groups excluding carboxylic acids is 1. The van der Waals surface area contributed by atoms with Crippen molar-refractivity contribution < 1.29 is 14.3 Å². The van der Waals surface area contributed by atoms with Crippen molar-refractivity contribution in [2.24, 2.45) is 12.8 Å². The van der Waals surface area contributed by atoms with E-state index in [4.69, 9.17) is 5.73 Å². The summed E-state index contributed by atoms with van der Waals surface area (Å²) in [7, 11) is 1.90. The molecule has 1 heterocycles. The summed E-state index contributed by atoms with van der Waals surface area (Å²) >= 11 is 0. The van der Waals surface area contributed by atoms with E-state index in [2.05, 4.69) is 0 Å². The molecule has 2 aromatic rings. The van der Waals surface area contributed by atoms with Gasteiger partial charge in [-0.1, -0.05) is 12.1 Å². The summed E-state index contributed by atoms with van der Waals surface area (Å²) in [5, 5.41) is 9.25. The lowest BCUT2D eigenvalue weighted by Crippen LogP contribution is -2.40. The van der Waals surface area contributed by atoms with Crippen LogP contribution in [-0.4, -0.2) is 27.6 Å². The Hall–Kier alpha value is -1.98. The van der Waals surface area contributed by atoms with Gasteiger partial charge < -0.3 is 15.4 Å². The number of aromatic nitrogens is 1. The molecule has 2 rings (SSSR count). The summed E-state index contributed by atoms with van der Waals surface area (Å²) in [5.41, 5.74) is 8.22. The van der Waals surface area contributed by atoms with Crippen LogP contribution in [0.5, 0.6) is 0 Å². The number of hydrogen-bond donors (Lipinski definition) is 2. The number of aliphatic hydroxyl groups is 1. The summed E-state index contributed by atoms with van der Waals surface area (Å²) in [6, 6.07) is 10.3. The molecule has 3 N–H and O–H groups in total. The topological polar surface area (TPSA) is 68.2 Å². The van der Waals surface area contributed by atoms with Gasteiger partial charge in [0, 0.05) is 24.7 Å². The highest BCUT2D eigenvalue weighted by Crippen LogP contribution is 2.16. The van der Waals surface area contributed by atoms with Crippen LogP contribution in [0, 0.1) is 5.82 Å². The number of aliphatic hydroxyl groups excluding tert-OH is 1. The molecule has 0 amide bonds. The molecule has 26 heavy (non-hydrogen) atoms. The maximum Gasteiger partial charge on any atom is 0.179 e. The van der Waals surface area contributed by atoms with Crippen molar-refractivity contribution in [3.8, 4) is 0 Å². The lowest BCUT2D eigenvalue weighted by atomic mass is 9.97. The lowest BCUT2D eigenvalue weighted by molar-refractivity contribution is 0.0971. The van der Waals surface area contributed by atoms with Crippen molar-refractivity contribution in [1.29, 1.82) is 0 Å². The number of unbranched alkanes of at least 4 members (excludes halogenated alkanes) is 1. The number of hydrogen-bond acceptors (Lipinski definition) is 3. The first-order chi connectivity index (χ1) is 12.3. The fourth-order valence-electron chi connectivity index (χ4n) is 2.97. The summed E-state index contributed by atoms with van der Waals surface area (Å²) in [6.45, 7) is 1.76. The van der Waals surface area contributed by atoms with Crippen LogP contribution in [0.1, 0.15) is 54.4 Å². The molecule has 142 valence electrons. The number of nitrogens with two attached hydrogens (primary N) is 1. The molecule has 0 spiro atoms. The zero-order chi connectivity index (χ0) is 19.2. The third-order valence-electron chi connectivity index (χ3n) is 4.86. The van der Waals surface area contributed by atoms with Gasteiger partial charge in [-0.05, 0) is 68.9 Å². The van der Waals surface area contributed by atoms with Gasteiger partial charge in [-0.15, -0.1) is 0 Å². The molecule has 0 unspecified atom stereocenters. The van der Waals surface area contributed by atoms with Crippen molar-refractivity contribution in [2.45, 2.75) is 51.0 Å². The normalized spacial score (nSPS) is 13.6. The van der Waals surface area contributed by atoms with Gasteiger partial charge in [0.25, 0.3) is 0 Å². The van der Waals surface area contributed by atoms with E-state index in [1.165, 1.54) is 12.1 Å². The zero-order valence-corrected chi connectivity index (χ0v) is 15.7. The second-order valence-electron chi connectivity index (χ2n) is 7.34. The Morgan fingerprint density at radius 2 is 1.85 bits per heavy atom. The van der Waals surface area contributed by atoms with Gasteiger partial charge >= 0.3 is 0 Å². The van der Waals surface area contributed by atoms with Gasteiger partial charge in [-0.3, -0.25) is 4.79 Å². The number of Topliss-reactive ketones (excluding diaryl/α,β-unsaturated/α-hetero) is 1. The molecular formula is C21H29FN2O2. The van der Waals surface area contributed by atoms with E-state index in [0.717, 1.165) is 36.9 Å². The SMILES string of the molecule is Cn1c(CC[C@@](C)(N)CO)ccc1C(=O)CCCCc1ccc(F)cc1. The largest absolute Gasteiger partial charge is 0.394 e. The van der Waals surface area contributed by atoms with Crippen LogP contribution in [0.4, 0.5) is 4.39 Å². The summed E-state index contributed by atoms with van der Waals surface area (Å²) in [6.07, 6.45) is 4.44. The molecule has 0 radical (unpaired) electrons. The Balaban J connectivity index is 1.81. The Bertz CT molecular complexity index is 720. The Kier molecular flexibility index (Phi) is 7.12. The van der Waals surface area contributed by atoms with Crippen LogP contribution >= 0.6 is 0 Å². The van der Waals surface area contributed by atoms with E-state index in [1.54, 1.807) is 12.1 Å². The number of aryl methyl sites for hydroxylation is 2. The highest BCUT2D eigenvalue weighted by atomic mass is 19.1. The van der Waals surface area contributed by atoms with Crippen LogP contribution in [0.15, 0.2) is 36.4 Å². The summed E-state index contributed by atoms with van der Waals surface area (Å²) in [5.74, 6) is -0.0899. The minimum atomic E-state index is -0.602. The maximum absolute atomic E-state index is 12.9. The molecule has 0 fully saturated rings. The quantitative estimate of drug-likeness (QED) is 0.504. The van der Waals surface area contributed by atoms with E-state index in [9.17, 15) is 14.3 Å². The van der Waals surface area contributed by atoms with Crippen molar-refractivity contribution >= 4 is 5.78 Å². The molecule has 1 atom stereocenters. The number of benzene rings is 1. The number of nitrogens with zero attached hydrogens (tertiary/aromatic N) is 1. The molecule has 4 nitrogen and oxygen atoms in total. The Morgan fingerprint density at radius 1 is 1.15 bits per heavy atom. The lowest BCUT2D eigenvalue weighted by Gasteiger charge is -2.21. The predicted octanol–water partition coefficient (Wildman–Crippen LogP) is 3.40. The Labute approximate surface area is 154 Å². The third-order valence-corrected chi connectivity index (χ3v) is 4.86. The monoisotopic (exact) mass is 360 g/mol. The average molecular weight is 360 g/mol. The van der Waals surface area contributed by atoms with Crippen LogP contribution in [-0.2, 0) is 19.9 Å². The van der Waals surface area contributed by atoms with Gasteiger partial charge in [-0.2, -0.15) is 0 Å². The van der Waals surface area contributed by atoms with E-state index >= 15 is 0 Å². The molecule has 0 saturated heterocycles. The first-order valence-corrected chi connectivity index (χ1v) is 9.14. The minimum Gasteiger partial charge on any atom is -0.394 e.